The van der Waals surface area contributed by atoms with Crippen LogP contribution in [-0.2, 0) is 14.3 Å². The molecule has 1 aliphatic carbocycles. The molecule has 1 aromatic carbocycles. The molecule has 2 fully saturated rings. The first-order chi connectivity index (χ1) is 13.5. The van der Waals surface area contributed by atoms with Gasteiger partial charge in [-0.2, -0.15) is 0 Å². The van der Waals surface area contributed by atoms with Crippen molar-refractivity contribution in [3.8, 4) is 0 Å². The summed E-state index contributed by atoms with van der Waals surface area (Å²) in [5.41, 5.74) is -0.714. The van der Waals surface area contributed by atoms with Crippen LogP contribution in [-0.4, -0.2) is 47.3 Å². The van der Waals surface area contributed by atoms with E-state index in [9.17, 15) is 19.2 Å². The third kappa shape index (κ3) is 4.61. The average Bonchev–Trinajstić information content (AvgIpc) is 2.82. The number of Topliss-reactive ketones (excluding diaryl/α,β-unsaturated/α-hetero) is 1. The molecule has 7 nitrogen and oxygen atoms in total. The number of halogens is 1. The summed E-state index contributed by atoms with van der Waals surface area (Å²) in [6.45, 7) is 5.21. The van der Waals surface area contributed by atoms with Crippen molar-refractivity contribution in [2.75, 3.05) is 13.2 Å². The lowest BCUT2D eigenvalue weighted by Gasteiger charge is -2.43. The Hall–Kier alpha value is -2.41. The molecule has 0 bridgehead atoms. The molecule has 1 saturated heterocycles. The number of esters is 1. The van der Waals surface area contributed by atoms with Crippen molar-refractivity contribution < 1.29 is 23.9 Å². The normalized spacial score (nSPS) is 25.8. The maximum absolute atomic E-state index is 13.0. The Balaban J connectivity index is 1.60. The summed E-state index contributed by atoms with van der Waals surface area (Å²) in [5.74, 6) is -1.34. The van der Waals surface area contributed by atoms with Crippen LogP contribution in [0.25, 0.3) is 0 Å². The number of ketones is 1. The minimum atomic E-state index is -0.975. The molecule has 1 heterocycles. The smallest absolute Gasteiger partial charge is 0.326 e. The fourth-order valence-corrected chi connectivity index (χ4v) is 4.82. The topological polar surface area (TPSA) is 92.8 Å². The van der Waals surface area contributed by atoms with E-state index in [-0.39, 0.29) is 11.3 Å². The van der Waals surface area contributed by atoms with Crippen LogP contribution in [0, 0.1) is 11.3 Å². The minimum absolute atomic E-state index is 0.0951. The van der Waals surface area contributed by atoms with Gasteiger partial charge in [-0.15, -0.1) is 0 Å². The molecule has 3 amide bonds. The number of urea groups is 1. The summed E-state index contributed by atoms with van der Waals surface area (Å²) in [4.78, 5) is 50.6. The molecule has 1 spiro atoms. The van der Waals surface area contributed by atoms with Gasteiger partial charge >= 0.3 is 12.0 Å². The van der Waals surface area contributed by atoms with E-state index in [1.807, 2.05) is 0 Å². The highest BCUT2D eigenvalue weighted by molar-refractivity contribution is 6.30. The highest BCUT2D eigenvalue weighted by Gasteiger charge is 2.56. The van der Waals surface area contributed by atoms with Crippen molar-refractivity contribution in [2.24, 2.45) is 11.3 Å². The molecular formula is C21H25ClN2O5. The van der Waals surface area contributed by atoms with E-state index < -0.39 is 42.4 Å². The summed E-state index contributed by atoms with van der Waals surface area (Å²) in [7, 11) is 0. The van der Waals surface area contributed by atoms with Crippen LogP contribution in [0.4, 0.5) is 4.79 Å². The fraction of sp³-hybridized carbons (Fsp3) is 0.524. The monoisotopic (exact) mass is 420 g/mol. The number of amides is 3. The van der Waals surface area contributed by atoms with Gasteiger partial charge in [0.05, 0.1) is 0 Å². The van der Waals surface area contributed by atoms with E-state index >= 15 is 0 Å². The molecule has 2 unspecified atom stereocenters. The van der Waals surface area contributed by atoms with Crippen molar-refractivity contribution in [3.05, 3.63) is 34.9 Å². The number of rotatable bonds is 5. The number of hydrogen-bond donors (Lipinski definition) is 1. The van der Waals surface area contributed by atoms with Crippen LogP contribution in [0.3, 0.4) is 0 Å². The highest BCUT2D eigenvalue weighted by Crippen LogP contribution is 2.46. The van der Waals surface area contributed by atoms with Gasteiger partial charge in [0, 0.05) is 10.6 Å². The Bertz CT molecular complexity index is 851. The van der Waals surface area contributed by atoms with Gasteiger partial charge in [0.25, 0.3) is 5.91 Å². The summed E-state index contributed by atoms with van der Waals surface area (Å²) in [5, 5.41) is 3.30. The zero-order valence-electron chi connectivity index (χ0n) is 16.8. The van der Waals surface area contributed by atoms with Crippen molar-refractivity contribution in [1.29, 1.82) is 0 Å². The standard InChI is InChI=1S/C21H25ClN2O5/c1-13-8-20(2,3)12-21(9-13)18(27)24(19(28)23-21)10-17(26)29-11-16(25)14-4-6-15(22)7-5-14/h4-7,13H,8-12H2,1-3H3,(H,23,28). The lowest BCUT2D eigenvalue weighted by atomic mass is 9.64. The van der Waals surface area contributed by atoms with Crippen LogP contribution in [0.2, 0.25) is 5.02 Å². The van der Waals surface area contributed by atoms with Crippen molar-refractivity contribution in [2.45, 2.75) is 45.6 Å². The molecule has 2 atom stereocenters. The first-order valence-corrected chi connectivity index (χ1v) is 9.98. The average molecular weight is 421 g/mol. The van der Waals surface area contributed by atoms with E-state index in [0.29, 0.717) is 23.4 Å². The first kappa shape index (κ1) is 21.3. The second kappa shape index (κ2) is 7.78. The summed E-state index contributed by atoms with van der Waals surface area (Å²) in [6, 6.07) is 5.60. The Morgan fingerprint density at radius 3 is 2.48 bits per heavy atom. The molecule has 0 radical (unpaired) electrons. The maximum Gasteiger partial charge on any atom is 0.326 e. The first-order valence-electron chi connectivity index (χ1n) is 9.60. The van der Waals surface area contributed by atoms with Gasteiger partial charge < -0.3 is 10.1 Å². The van der Waals surface area contributed by atoms with E-state index in [1.54, 1.807) is 12.1 Å². The number of carbonyl (C=O) groups is 4. The zero-order valence-corrected chi connectivity index (χ0v) is 17.5. The van der Waals surface area contributed by atoms with Crippen molar-refractivity contribution in [3.63, 3.8) is 0 Å². The van der Waals surface area contributed by atoms with Crippen molar-refractivity contribution in [1.82, 2.24) is 10.2 Å². The molecule has 1 saturated carbocycles. The number of nitrogens with one attached hydrogen (secondary N) is 1. The maximum atomic E-state index is 13.0. The summed E-state index contributed by atoms with van der Waals surface area (Å²) in [6.07, 6.45) is 2.03. The minimum Gasteiger partial charge on any atom is -0.456 e. The fourth-order valence-electron chi connectivity index (χ4n) is 4.69. The molecule has 156 valence electrons. The Labute approximate surface area is 174 Å². The van der Waals surface area contributed by atoms with Crippen LogP contribution in [0.1, 0.15) is 50.4 Å². The Morgan fingerprint density at radius 1 is 1.21 bits per heavy atom. The van der Waals surface area contributed by atoms with E-state index in [2.05, 4.69) is 26.1 Å². The second-order valence-corrected chi connectivity index (χ2v) is 9.29. The van der Waals surface area contributed by atoms with E-state index in [0.717, 1.165) is 11.3 Å². The third-order valence-electron chi connectivity index (χ3n) is 5.44. The Kier molecular flexibility index (Phi) is 5.72. The molecule has 1 aliphatic heterocycles. The lowest BCUT2D eigenvalue weighted by molar-refractivity contribution is -0.147. The SMILES string of the molecule is CC1CC(C)(C)CC2(C1)NC(=O)N(CC(=O)OCC(=O)c1ccc(Cl)cc1)C2=O. The Morgan fingerprint density at radius 2 is 1.86 bits per heavy atom. The molecule has 3 rings (SSSR count). The predicted molar refractivity (Wildman–Crippen MR) is 107 cm³/mol. The lowest BCUT2D eigenvalue weighted by Crippen LogP contribution is -2.54. The molecule has 29 heavy (non-hydrogen) atoms. The number of carbonyl (C=O) groups excluding carboxylic acids is 4. The molecular weight excluding hydrogens is 396 g/mol. The van der Waals surface area contributed by atoms with Gasteiger partial charge in [-0.3, -0.25) is 19.3 Å². The van der Waals surface area contributed by atoms with Gasteiger partial charge in [0.15, 0.2) is 12.4 Å². The molecule has 2 aliphatic rings. The highest BCUT2D eigenvalue weighted by atomic mass is 35.5. The number of nitrogens with zero attached hydrogens (tertiary/aromatic N) is 1. The number of imide groups is 1. The van der Waals surface area contributed by atoms with Crippen LogP contribution in [0.5, 0.6) is 0 Å². The van der Waals surface area contributed by atoms with E-state index in [4.69, 9.17) is 16.3 Å². The number of hydrogen-bond acceptors (Lipinski definition) is 5. The van der Waals surface area contributed by atoms with Gasteiger partial charge in [-0.05, 0) is 54.9 Å². The number of ether oxygens (including phenoxy) is 1. The molecule has 1 N–H and O–H groups in total. The van der Waals surface area contributed by atoms with E-state index in [1.165, 1.54) is 12.1 Å². The van der Waals surface area contributed by atoms with Gasteiger partial charge in [0.1, 0.15) is 12.1 Å². The summed E-state index contributed by atoms with van der Waals surface area (Å²) < 4.78 is 4.99. The van der Waals surface area contributed by atoms with Gasteiger partial charge in [-0.1, -0.05) is 32.4 Å². The molecule has 0 aromatic heterocycles. The second-order valence-electron chi connectivity index (χ2n) is 8.85. The van der Waals surface area contributed by atoms with Crippen LogP contribution < -0.4 is 5.32 Å². The van der Waals surface area contributed by atoms with Crippen LogP contribution >= 0.6 is 11.6 Å². The predicted octanol–water partition coefficient (Wildman–Crippen LogP) is 3.20. The molecule has 8 heteroatoms. The van der Waals surface area contributed by atoms with Crippen LogP contribution in [0.15, 0.2) is 24.3 Å². The van der Waals surface area contributed by atoms with Gasteiger partial charge in [-0.25, -0.2) is 4.79 Å². The zero-order chi connectivity index (χ0) is 21.4. The third-order valence-corrected chi connectivity index (χ3v) is 5.69. The van der Waals surface area contributed by atoms with Crippen molar-refractivity contribution >= 4 is 35.3 Å². The molecule has 1 aromatic rings. The van der Waals surface area contributed by atoms with Gasteiger partial charge in [0.2, 0.25) is 0 Å². The largest absolute Gasteiger partial charge is 0.456 e. The quantitative estimate of drug-likeness (QED) is 0.448. The summed E-state index contributed by atoms with van der Waals surface area (Å²) >= 11 is 5.78. The number of benzene rings is 1.